The standard InChI is InChI=1S/C24H18Cl2N2O4/c1-31-15-11-12-19(32-2)17(13-15)27-22-20(14-7-4-3-5-8-14)23(29)28(24(22)30)18-10-6-9-16(25)21(18)26/h3-13,27H,1-2H3. The van der Waals surface area contributed by atoms with Crippen molar-refractivity contribution in [2.24, 2.45) is 0 Å². The molecule has 2 amide bonds. The molecule has 8 heteroatoms. The summed E-state index contributed by atoms with van der Waals surface area (Å²) in [6.45, 7) is 0. The Bertz CT molecular complexity index is 1240. The smallest absolute Gasteiger partial charge is 0.282 e. The maximum absolute atomic E-state index is 13.5. The van der Waals surface area contributed by atoms with Gasteiger partial charge in [-0.2, -0.15) is 0 Å². The minimum absolute atomic E-state index is 0.0868. The van der Waals surface area contributed by atoms with E-state index in [0.717, 1.165) is 4.90 Å². The second-order valence-corrected chi connectivity index (χ2v) is 7.61. The first kappa shape index (κ1) is 21.7. The maximum Gasteiger partial charge on any atom is 0.282 e. The largest absolute Gasteiger partial charge is 0.497 e. The van der Waals surface area contributed by atoms with Gasteiger partial charge in [0.1, 0.15) is 17.2 Å². The number of ether oxygens (including phenoxy) is 2. The average molecular weight is 469 g/mol. The number of amides is 2. The molecule has 0 radical (unpaired) electrons. The highest BCUT2D eigenvalue weighted by Gasteiger charge is 2.41. The molecule has 0 bridgehead atoms. The van der Waals surface area contributed by atoms with Gasteiger partial charge in [-0.05, 0) is 29.8 Å². The van der Waals surface area contributed by atoms with E-state index in [1.807, 2.05) is 6.07 Å². The fourth-order valence-corrected chi connectivity index (χ4v) is 3.83. The Morgan fingerprint density at radius 2 is 1.59 bits per heavy atom. The van der Waals surface area contributed by atoms with Crippen molar-refractivity contribution >= 4 is 52.0 Å². The van der Waals surface area contributed by atoms with Gasteiger partial charge < -0.3 is 14.8 Å². The Hall–Kier alpha value is -3.48. The van der Waals surface area contributed by atoms with Crippen LogP contribution in [0.15, 0.2) is 72.4 Å². The van der Waals surface area contributed by atoms with Crippen molar-refractivity contribution in [3.05, 3.63) is 88.0 Å². The van der Waals surface area contributed by atoms with Gasteiger partial charge in [0.05, 0.1) is 41.2 Å². The number of imide groups is 1. The summed E-state index contributed by atoms with van der Waals surface area (Å²) < 4.78 is 10.7. The number of carbonyl (C=O) groups is 2. The minimum atomic E-state index is -0.567. The van der Waals surface area contributed by atoms with E-state index in [2.05, 4.69) is 5.32 Å². The van der Waals surface area contributed by atoms with Gasteiger partial charge in [-0.15, -0.1) is 0 Å². The predicted molar refractivity (Wildman–Crippen MR) is 125 cm³/mol. The van der Waals surface area contributed by atoms with Crippen LogP contribution in [0.3, 0.4) is 0 Å². The van der Waals surface area contributed by atoms with E-state index in [4.69, 9.17) is 32.7 Å². The zero-order valence-electron chi connectivity index (χ0n) is 17.2. The molecule has 6 nitrogen and oxygen atoms in total. The second kappa shape index (κ2) is 8.94. The molecular formula is C24H18Cl2N2O4. The first-order chi connectivity index (χ1) is 15.5. The highest BCUT2D eigenvalue weighted by atomic mass is 35.5. The van der Waals surface area contributed by atoms with E-state index in [9.17, 15) is 9.59 Å². The monoisotopic (exact) mass is 468 g/mol. The van der Waals surface area contributed by atoms with Crippen LogP contribution in [0.25, 0.3) is 5.57 Å². The zero-order chi connectivity index (χ0) is 22.8. The van der Waals surface area contributed by atoms with Crippen LogP contribution in [0.2, 0.25) is 10.0 Å². The molecule has 0 saturated heterocycles. The number of hydrogen-bond acceptors (Lipinski definition) is 5. The highest BCUT2D eigenvalue weighted by molar-refractivity contribution is 6.50. The Labute approximate surface area is 195 Å². The molecule has 0 aliphatic carbocycles. The number of nitrogens with one attached hydrogen (secondary N) is 1. The van der Waals surface area contributed by atoms with Crippen LogP contribution in [-0.2, 0) is 9.59 Å². The fourth-order valence-electron chi connectivity index (χ4n) is 3.45. The van der Waals surface area contributed by atoms with E-state index in [-0.39, 0.29) is 27.0 Å². The lowest BCUT2D eigenvalue weighted by molar-refractivity contribution is -0.120. The number of hydrogen-bond donors (Lipinski definition) is 1. The molecule has 32 heavy (non-hydrogen) atoms. The lowest BCUT2D eigenvalue weighted by atomic mass is 10.0. The molecule has 0 fully saturated rings. The quantitative estimate of drug-likeness (QED) is 0.490. The van der Waals surface area contributed by atoms with Gasteiger partial charge >= 0.3 is 0 Å². The zero-order valence-corrected chi connectivity index (χ0v) is 18.7. The molecule has 0 aromatic heterocycles. The summed E-state index contributed by atoms with van der Waals surface area (Å²) in [7, 11) is 3.05. The van der Waals surface area contributed by atoms with Crippen LogP contribution >= 0.6 is 23.2 Å². The molecule has 162 valence electrons. The van der Waals surface area contributed by atoms with Crippen molar-refractivity contribution in [2.75, 3.05) is 24.4 Å². The summed E-state index contributed by atoms with van der Waals surface area (Å²) in [5, 5.41) is 3.44. The summed E-state index contributed by atoms with van der Waals surface area (Å²) in [6.07, 6.45) is 0. The van der Waals surface area contributed by atoms with Crippen molar-refractivity contribution < 1.29 is 19.1 Å². The van der Waals surface area contributed by atoms with Gasteiger partial charge in [0.15, 0.2) is 0 Å². The van der Waals surface area contributed by atoms with E-state index in [1.54, 1.807) is 60.7 Å². The Kier molecular flexibility index (Phi) is 6.08. The van der Waals surface area contributed by atoms with Crippen molar-refractivity contribution in [1.29, 1.82) is 0 Å². The summed E-state index contributed by atoms with van der Waals surface area (Å²) >= 11 is 12.5. The second-order valence-electron chi connectivity index (χ2n) is 6.83. The molecule has 0 unspecified atom stereocenters. The van der Waals surface area contributed by atoms with Crippen LogP contribution in [-0.4, -0.2) is 26.0 Å². The molecule has 1 aliphatic rings. The number of rotatable bonds is 6. The summed E-state index contributed by atoms with van der Waals surface area (Å²) in [5.41, 5.74) is 1.55. The SMILES string of the molecule is COc1ccc(OC)c(NC2=C(c3ccccc3)C(=O)N(c3cccc(Cl)c3Cl)C2=O)c1. The third-order valence-electron chi connectivity index (χ3n) is 4.98. The summed E-state index contributed by atoms with van der Waals surface area (Å²) in [5.74, 6) is -0.0514. The summed E-state index contributed by atoms with van der Waals surface area (Å²) in [4.78, 5) is 28.1. The lowest BCUT2D eigenvalue weighted by Crippen LogP contribution is -2.32. The number of carbonyl (C=O) groups excluding carboxylic acids is 2. The van der Waals surface area contributed by atoms with Crippen LogP contribution in [0, 0.1) is 0 Å². The first-order valence-corrected chi connectivity index (χ1v) is 10.3. The molecular weight excluding hydrogens is 451 g/mol. The van der Waals surface area contributed by atoms with Crippen molar-refractivity contribution in [1.82, 2.24) is 0 Å². The van der Waals surface area contributed by atoms with Gasteiger partial charge in [-0.25, -0.2) is 4.90 Å². The highest BCUT2D eigenvalue weighted by Crippen LogP contribution is 2.40. The maximum atomic E-state index is 13.5. The normalized spacial score (nSPS) is 13.6. The van der Waals surface area contributed by atoms with E-state index >= 15 is 0 Å². The average Bonchev–Trinajstić information content (AvgIpc) is 3.05. The van der Waals surface area contributed by atoms with Crippen LogP contribution < -0.4 is 19.7 Å². The van der Waals surface area contributed by atoms with Crippen LogP contribution in [0.5, 0.6) is 11.5 Å². The molecule has 0 saturated carbocycles. The number of benzene rings is 3. The fraction of sp³-hybridized carbons (Fsp3) is 0.0833. The molecule has 1 aliphatic heterocycles. The summed E-state index contributed by atoms with van der Waals surface area (Å²) in [6, 6.07) is 18.8. The number of nitrogens with zero attached hydrogens (tertiary/aromatic N) is 1. The van der Waals surface area contributed by atoms with Crippen molar-refractivity contribution in [2.45, 2.75) is 0 Å². The van der Waals surface area contributed by atoms with Gasteiger partial charge in [0.25, 0.3) is 11.8 Å². The molecule has 4 rings (SSSR count). The Morgan fingerprint density at radius 3 is 2.28 bits per heavy atom. The first-order valence-electron chi connectivity index (χ1n) is 9.57. The van der Waals surface area contributed by atoms with Gasteiger partial charge in [-0.1, -0.05) is 59.6 Å². The molecule has 1 heterocycles. The molecule has 3 aromatic rings. The van der Waals surface area contributed by atoms with E-state index < -0.39 is 11.8 Å². The molecule has 0 spiro atoms. The molecule has 0 atom stereocenters. The Balaban J connectivity index is 1.87. The van der Waals surface area contributed by atoms with Gasteiger partial charge in [0.2, 0.25) is 0 Å². The third-order valence-corrected chi connectivity index (χ3v) is 5.79. The Morgan fingerprint density at radius 1 is 0.844 bits per heavy atom. The van der Waals surface area contributed by atoms with E-state index in [0.29, 0.717) is 22.7 Å². The van der Waals surface area contributed by atoms with Gasteiger partial charge in [-0.3, -0.25) is 9.59 Å². The van der Waals surface area contributed by atoms with Gasteiger partial charge in [0, 0.05) is 6.07 Å². The minimum Gasteiger partial charge on any atom is -0.497 e. The third kappa shape index (κ3) is 3.79. The van der Waals surface area contributed by atoms with Crippen LogP contribution in [0.4, 0.5) is 11.4 Å². The topological polar surface area (TPSA) is 67.9 Å². The predicted octanol–water partition coefficient (Wildman–Crippen LogP) is 5.41. The number of methoxy groups -OCH3 is 2. The van der Waals surface area contributed by atoms with E-state index in [1.165, 1.54) is 14.2 Å². The van der Waals surface area contributed by atoms with Crippen molar-refractivity contribution in [3.63, 3.8) is 0 Å². The number of halogens is 2. The van der Waals surface area contributed by atoms with Crippen molar-refractivity contribution in [3.8, 4) is 11.5 Å². The van der Waals surface area contributed by atoms with Crippen LogP contribution in [0.1, 0.15) is 5.56 Å². The lowest BCUT2D eigenvalue weighted by Gasteiger charge is -2.18. The molecule has 1 N–H and O–H groups in total. The molecule has 3 aromatic carbocycles. The number of anilines is 2.